The molecule has 0 spiro atoms. The Bertz CT molecular complexity index is 671. The van der Waals surface area contributed by atoms with Crippen LogP contribution in [0, 0.1) is 0 Å². The second-order valence-corrected chi connectivity index (χ2v) is 5.85. The number of nitrogens with zero attached hydrogens (tertiary/aromatic N) is 1. The first-order chi connectivity index (χ1) is 11.9. The monoisotopic (exact) mass is 396 g/mol. The summed E-state index contributed by atoms with van der Waals surface area (Å²) in [4.78, 5) is 48.0. The fourth-order valence-corrected chi connectivity index (χ4v) is 2.82. The molecule has 8 nitrogen and oxygen atoms in total. The molecule has 1 aliphatic rings. The van der Waals surface area contributed by atoms with Crippen molar-refractivity contribution in [3.63, 3.8) is 0 Å². The molecule has 10 heteroatoms. The van der Waals surface area contributed by atoms with Gasteiger partial charge in [-0.2, -0.15) is 0 Å². The maximum absolute atomic E-state index is 12.2. The van der Waals surface area contributed by atoms with Crippen molar-refractivity contribution in [3.05, 3.63) is 35.9 Å². The Kier molecular flexibility index (Phi) is 12.1. The van der Waals surface area contributed by atoms with Gasteiger partial charge in [0.05, 0.1) is 0 Å². The van der Waals surface area contributed by atoms with E-state index < -0.39 is 35.8 Å². The van der Waals surface area contributed by atoms with Crippen LogP contribution in [0.15, 0.2) is 30.3 Å². The molecule has 2 amide bonds. The first-order valence-corrected chi connectivity index (χ1v) is 8.01. The molecule has 0 radical (unpaired) electrons. The summed E-state index contributed by atoms with van der Waals surface area (Å²) < 4.78 is 0. The summed E-state index contributed by atoms with van der Waals surface area (Å²) >= 11 is 0. The first kappa shape index (κ1) is 26.1. The van der Waals surface area contributed by atoms with Gasteiger partial charge in [-0.1, -0.05) is 18.2 Å². The average Bonchev–Trinajstić information content (AvgIpc) is 3.08. The van der Waals surface area contributed by atoms with Crippen LogP contribution in [0.2, 0.25) is 0 Å². The molecule has 2 rings (SSSR count). The molecular weight excluding hydrogens is 374 g/mol. The number of benzene rings is 1. The van der Waals surface area contributed by atoms with E-state index in [9.17, 15) is 24.3 Å². The predicted molar refractivity (Wildman–Crippen MR) is 101 cm³/mol. The van der Waals surface area contributed by atoms with Crippen molar-refractivity contribution in [1.29, 1.82) is 0 Å². The van der Waals surface area contributed by atoms with Crippen LogP contribution in [0.1, 0.15) is 36.0 Å². The van der Waals surface area contributed by atoms with Crippen molar-refractivity contribution >= 4 is 82.9 Å². The Morgan fingerprint density at radius 3 is 2.30 bits per heavy atom. The zero-order valence-electron chi connectivity index (χ0n) is 13.6. The Morgan fingerprint density at radius 2 is 1.74 bits per heavy atom. The van der Waals surface area contributed by atoms with Crippen LogP contribution in [-0.4, -0.2) is 117 Å². The van der Waals surface area contributed by atoms with E-state index >= 15 is 0 Å². The van der Waals surface area contributed by atoms with E-state index in [1.807, 2.05) is 0 Å². The Balaban J connectivity index is 0.00000338. The van der Waals surface area contributed by atoms with Gasteiger partial charge in [0.15, 0.2) is 0 Å². The van der Waals surface area contributed by atoms with E-state index in [1.54, 1.807) is 30.3 Å². The van der Waals surface area contributed by atoms with E-state index in [0.29, 0.717) is 24.9 Å². The quantitative estimate of drug-likeness (QED) is 0.530. The second-order valence-electron chi connectivity index (χ2n) is 5.85. The number of hydrogen-bond acceptors (Lipinski definition) is 4. The van der Waals surface area contributed by atoms with Crippen molar-refractivity contribution in [2.75, 3.05) is 6.54 Å². The fraction of sp³-hybridized carbons (Fsp3) is 0.412. The molecule has 0 aromatic heterocycles. The standard InChI is InChI=1S/C17H20N2O6.2Na.2H/c20-14(19-10-4-7-13(19)17(24)25)9-8-12(16(22)23)18-15(21)11-5-2-1-3-6-11;;;;/h1-3,5-6,12-13H,4,7-10H2,(H,18,21)(H,22,23)(H,24,25);;;;/t12-,13+;;;;/m1..../s1. The topological polar surface area (TPSA) is 124 Å². The molecule has 2 atom stereocenters. The van der Waals surface area contributed by atoms with Gasteiger partial charge in [0.25, 0.3) is 5.91 Å². The van der Waals surface area contributed by atoms with Crippen molar-refractivity contribution in [2.45, 2.75) is 37.8 Å². The zero-order valence-corrected chi connectivity index (χ0v) is 13.6. The van der Waals surface area contributed by atoms with Crippen LogP contribution in [-0.2, 0) is 14.4 Å². The van der Waals surface area contributed by atoms with Gasteiger partial charge in [-0.25, -0.2) is 9.59 Å². The molecule has 27 heavy (non-hydrogen) atoms. The van der Waals surface area contributed by atoms with Crippen LogP contribution >= 0.6 is 0 Å². The van der Waals surface area contributed by atoms with Gasteiger partial charge >= 0.3 is 71.1 Å². The molecule has 0 unspecified atom stereocenters. The Hall–Kier alpha value is -0.900. The number of carbonyl (C=O) groups excluding carboxylic acids is 2. The van der Waals surface area contributed by atoms with E-state index in [1.165, 1.54) is 4.90 Å². The van der Waals surface area contributed by atoms with E-state index in [-0.39, 0.29) is 72.0 Å². The van der Waals surface area contributed by atoms with E-state index in [0.717, 1.165) is 0 Å². The first-order valence-electron chi connectivity index (χ1n) is 8.01. The summed E-state index contributed by atoms with van der Waals surface area (Å²) in [6.45, 7) is 0.351. The minimum absolute atomic E-state index is 0. The molecule has 1 aromatic rings. The average molecular weight is 396 g/mol. The number of carboxylic acid groups (broad SMARTS) is 2. The number of hydrogen-bond donors (Lipinski definition) is 3. The van der Waals surface area contributed by atoms with E-state index in [4.69, 9.17) is 5.11 Å². The van der Waals surface area contributed by atoms with Gasteiger partial charge in [-0.3, -0.25) is 9.59 Å². The number of amides is 2. The van der Waals surface area contributed by atoms with Crippen LogP contribution < -0.4 is 5.32 Å². The number of nitrogens with one attached hydrogen (secondary N) is 1. The molecule has 0 saturated carbocycles. The predicted octanol–water partition coefficient (Wildman–Crippen LogP) is -0.572. The molecule has 3 N–H and O–H groups in total. The number of carboxylic acids is 2. The van der Waals surface area contributed by atoms with Crippen molar-refractivity contribution in [2.24, 2.45) is 0 Å². The normalized spacial score (nSPS) is 16.4. The minimum atomic E-state index is -1.24. The van der Waals surface area contributed by atoms with Crippen molar-refractivity contribution < 1.29 is 29.4 Å². The van der Waals surface area contributed by atoms with E-state index in [2.05, 4.69) is 5.32 Å². The number of rotatable bonds is 7. The Morgan fingerprint density at radius 1 is 1.11 bits per heavy atom. The summed E-state index contributed by atoms with van der Waals surface area (Å²) in [7, 11) is 0. The molecule has 1 saturated heterocycles. The number of aliphatic carboxylic acids is 2. The van der Waals surface area contributed by atoms with Gasteiger partial charge in [-0.15, -0.1) is 0 Å². The van der Waals surface area contributed by atoms with Crippen molar-refractivity contribution in [1.82, 2.24) is 10.2 Å². The van der Waals surface area contributed by atoms with Crippen LogP contribution in [0.25, 0.3) is 0 Å². The Labute approximate surface area is 201 Å². The molecular formula is C17H22N2Na2O6. The fourth-order valence-electron chi connectivity index (χ4n) is 2.82. The molecule has 1 fully saturated rings. The van der Waals surface area contributed by atoms with Gasteiger partial charge in [0, 0.05) is 18.5 Å². The summed E-state index contributed by atoms with van der Waals surface area (Å²) in [6.07, 6.45) is 0.759. The molecule has 1 aromatic carbocycles. The van der Waals surface area contributed by atoms with Gasteiger partial charge < -0.3 is 20.4 Å². The molecule has 0 bridgehead atoms. The number of likely N-dealkylation sites (tertiary alicyclic amines) is 1. The third-order valence-electron chi connectivity index (χ3n) is 4.14. The third-order valence-corrected chi connectivity index (χ3v) is 4.14. The zero-order chi connectivity index (χ0) is 18.4. The molecule has 1 aliphatic heterocycles. The summed E-state index contributed by atoms with van der Waals surface area (Å²) in [5.41, 5.74) is 0.325. The summed E-state index contributed by atoms with van der Waals surface area (Å²) in [5.74, 6) is -3.25. The SMILES string of the molecule is O=C(N[C@H](CCC(=O)N1CCC[C@H]1C(=O)O)C(=O)O)c1ccccc1.[NaH].[NaH]. The van der Waals surface area contributed by atoms with Gasteiger partial charge in [-0.05, 0) is 31.4 Å². The molecule has 1 heterocycles. The van der Waals surface area contributed by atoms with Gasteiger partial charge in [0.1, 0.15) is 12.1 Å². The summed E-state index contributed by atoms with van der Waals surface area (Å²) in [5, 5.41) is 20.7. The third kappa shape index (κ3) is 7.56. The molecule has 0 aliphatic carbocycles. The second kappa shape index (κ2) is 12.5. The van der Waals surface area contributed by atoms with Crippen LogP contribution in [0.4, 0.5) is 0 Å². The summed E-state index contributed by atoms with van der Waals surface area (Å²) in [6, 6.07) is 6.10. The van der Waals surface area contributed by atoms with Crippen LogP contribution in [0.5, 0.6) is 0 Å². The van der Waals surface area contributed by atoms with Crippen LogP contribution in [0.3, 0.4) is 0 Å². The maximum atomic E-state index is 12.2. The molecule has 138 valence electrons. The van der Waals surface area contributed by atoms with Gasteiger partial charge in [0.2, 0.25) is 5.91 Å². The number of carbonyl (C=O) groups is 4. The van der Waals surface area contributed by atoms with Crippen molar-refractivity contribution in [3.8, 4) is 0 Å².